The Kier molecular flexibility index (Phi) is 4.35. The fraction of sp³-hybridized carbons (Fsp3) is 0.167. The van der Waals surface area contributed by atoms with Crippen LogP contribution in [0.1, 0.15) is 23.7 Å². The number of anilines is 1. The van der Waals surface area contributed by atoms with Crippen molar-refractivity contribution >= 4 is 22.6 Å². The largest absolute Gasteiger partial charge is 0.323 e. The molecule has 1 aliphatic rings. The highest BCUT2D eigenvalue weighted by Crippen LogP contribution is 2.33. The number of halogens is 1. The minimum absolute atomic E-state index is 0.0105. The Labute approximate surface area is 168 Å². The first kappa shape index (κ1) is 17.6. The molecule has 1 aromatic heterocycles. The summed E-state index contributed by atoms with van der Waals surface area (Å²) in [6.07, 6.45) is 0.398. The van der Waals surface area contributed by atoms with Crippen molar-refractivity contribution in [2.75, 3.05) is 11.4 Å². The SMILES string of the molecule is O=C1C[C@@H](c2nc3ccccc3n2Cc2ccccc2)CN1c1ccc(F)cc1. The first-order valence-electron chi connectivity index (χ1n) is 9.74. The van der Waals surface area contributed by atoms with E-state index in [1.54, 1.807) is 17.0 Å². The van der Waals surface area contributed by atoms with E-state index in [4.69, 9.17) is 4.98 Å². The fourth-order valence-corrected chi connectivity index (χ4v) is 4.09. The Balaban J connectivity index is 1.52. The standard InChI is InChI=1S/C24H20FN3O/c25-19-10-12-20(13-11-19)27-16-18(14-23(27)29)24-26-21-8-4-5-9-22(21)28(24)15-17-6-2-1-3-7-17/h1-13,18H,14-16H2/t18-/m1/s1. The van der Waals surface area contributed by atoms with Crippen LogP contribution >= 0.6 is 0 Å². The number of nitrogens with zero attached hydrogens (tertiary/aromatic N) is 3. The molecule has 0 bridgehead atoms. The maximum absolute atomic E-state index is 13.3. The van der Waals surface area contributed by atoms with Gasteiger partial charge in [-0.1, -0.05) is 42.5 Å². The topological polar surface area (TPSA) is 38.1 Å². The number of carbonyl (C=O) groups excluding carboxylic acids is 1. The van der Waals surface area contributed by atoms with Gasteiger partial charge in [-0.05, 0) is 42.0 Å². The molecule has 1 saturated heterocycles. The zero-order valence-electron chi connectivity index (χ0n) is 15.8. The van der Waals surface area contributed by atoms with E-state index in [-0.39, 0.29) is 17.6 Å². The Hall–Kier alpha value is -3.47. The summed E-state index contributed by atoms with van der Waals surface area (Å²) in [4.78, 5) is 19.3. The molecule has 2 heterocycles. The minimum Gasteiger partial charge on any atom is -0.323 e. The van der Waals surface area contributed by atoms with Gasteiger partial charge >= 0.3 is 0 Å². The van der Waals surface area contributed by atoms with Crippen LogP contribution in [0.25, 0.3) is 11.0 Å². The first-order chi connectivity index (χ1) is 14.2. The van der Waals surface area contributed by atoms with Crippen LogP contribution in [-0.2, 0) is 11.3 Å². The molecule has 3 aromatic carbocycles. The van der Waals surface area contributed by atoms with Crippen molar-refractivity contribution in [1.29, 1.82) is 0 Å². The molecule has 0 radical (unpaired) electrons. The summed E-state index contributed by atoms with van der Waals surface area (Å²) in [5, 5.41) is 0. The smallest absolute Gasteiger partial charge is 0.227 e. The number of hydrogen-bond donors (Lipinski definition) is 0. The highest BCUT2D eigenvalue weighted by molar-refractivity contribution is 5.96. The maximum Gasteiger partial charge on any atom is 0.227 e. The summed E-state index contributed by atoms with van der Waals surface area (Å²) in [7, 11) is 0. The Morgan fingerprint density at radius 3 is 2.45 bits per heavy atom. The van der Waals surface area contributed by atoms with E-state index >= 15 is 0 Å². The number of hydrogen-bond acceptors (Lipinski definition) is 2. The molecule has 1 atom stereocenters. The summed E-state index contributed by atoms with van der Waals surface area (Å²) in [5.41, 5.74) is 3.92. The van der Waals surface area contributed by atoms with Crippen LogP contribution in [0, 0.1) is 5.82 Å². The van der Waals surface area contributed by atoms with Gasteiger partial charge in [0.25, 0.3) is 0 Å². The summed E-state index contributed by atoms with van der Waals surface area (Å²) >= 11 is 0. The van der Waals surface area contributed by atoms with E-state index < -0.39 is 0 Å². The number of imidazole rings is 1. The minimum atomic E-state index is -0.304. The quantitative estimate of drug-likeness (QED) is 0.509. The van der Waals surface area contributed by atoms with Crippen molar-refractivity contribution in [3.05, 3.63) is 96.1 Å². The maximum atomic E-state index is 13.3. The molecule has 0 unspecified atom stereocenters. The number of carbonyl (C=O) groups is 1. The molecule has 0 N–H and O–H groups in total. The van der Waals surface area contributed by atoms with Crippen molar-refractivity contribution in [2.24, 2.45) is 0 Å². The predicted octanol–water partition coefficient (Wildman–Crippen LogP) is 4.74. The van der Waals surface area contributed by atoms with Crippen LogP contribution in [0.3, 0.4) is 0 Å². The lowest BCUT2D eigenvalue weighted by Crippen LogP contribution is -2.24. The number of amides is 1. The van der Waals surface area contributed by atoms with Gasteiger partial charge in [0.05, 0.1) is 11.0 Å². The zero-order valence-corrected chi connectivity index (χ0v) is 15.8. The third-order valence-corrected chi connectivity index (χ3v) is 5.50. The Morgan fingerprint density at radius 2 is 1.66 bits per heavy atom. The van der Waals surface area contributed by atoms with E-state index in [9.17, 15) is 9.18 Å². The molecule has 144 valence electrons. The lowest BCUT2D eigenvalue weighted by Gasteiger charge is -2.17. The molecular weight excluding hydrogens is 365 g/mol. The Bertz CT molecular complexity index is 1170. The van der Waals surface area contributed by atoms with Gasteiger partial charge in [0.15, 0.2) is 0 Å². The molecule has 1 fully saturated rings. The van der Waals surface area contributed by atoms with Gasteiger partial charge in [-0.15, -0.1) is 0 Å². The molecular formula is C24H20FN3O. The highest BCUT2D eigenvalue weighted by atomic mass is 19.1. The van der Waals surface area contributed by atoms with Crippen LogP contribution < -0.4 is 4.90 Å². The molecule has 4 nitrogen and oxygen atoms in total. The van der Waals surface area contributed by atoms with Crippen LogP contribution in [-0.4, -0.2) is 22.0 Å². The molecule has 5 heteroatoms. The van der Waals surface area contributed by atoms with Crippen LogP contribution in [0.2, 0.25) is 0 Å². The van der Waals surface area contributed by atoms with E-state index in [1.807, 2.05) is 36.4 Å². The summed E-state index contributed by atoms with van der Waals surface area (Å²) in [6.45, 7) is 1.25. The third kappa shape index (κ3) is 3.29. The van der Waals surface area contributed by atoms with Crippen molar-refractivity contribution in [3.63, 3.8) is 0 Å². The van der Waals surface area contributed by atoms with Gasteiger partial charge < -0.3 is 9.47 Å². The molecule has 1 amide bonds. The summed E-state index contributed by atoms with van der Waals surface area (Å²) in [6, 6.07) is 24.4. The second-order valence-electron chi connectivity index (χ2n) is 7.41. The van der Waals surface area contributed by atoms with Gasteiger partial charge in [0, 0.05) is 31.1 Å². The lowest BCUT2D eigenvalue weighted by molar-refractivity contribution is -0.117. The number of fused-ring (bicyclic) bond motifs is 1. The van der Waals surface area contributed by atoms with Crippen LogP contribution in [0.4, 0.5) is 10.1 Å². The molecule has 1 aliphatic heterocycles. The van der Waals surface area contributed by atoms with Gasteiger partial charge in [-0.25, -0.2) is 9.37 Å². The monoisotopic (exact) mass is 385 g/mol. The van der Waals surface area contributed by atoms with Crippen molar-refractivity contribution < 1.29 is 9.18 Å². The number of aromatic nitrogens is 2. The van der Waals surface area contributed by atoms with Gasteiger partial charge in [-0.3, -0.25) is 4.79 Å². The second kappa shape index (κ2) is 7.17. The average molecular weight is 385 g/mol. The van der Waals surface area contributed by atoms with Crippen LogP contribution in [0.15, 0.2) is 78.9 Å². The van der Waals surface area contributed by atoms with Crippen molar-refractivity contribution in [2.45, 2.75) is 18.9 Å². The van der Waals surface area contributed by atoms with E-state index in [2.05, 4.69) is 22.8 Å². The molecule has 4 aromatic rings. The molecule has 29 heavy (non-hydrogen) atoms. The number of para-hydroxylation sites is 2. The van der Waals surface area contributed by atoms with E-state index in [0.717, 1.165) is 22.5 Å². The molecule has 5 rings (SSSR count). The first-order valence-corrected chi connectivity index (χ1v) is 9.74. The highest BCUT2D eigenvalue weighted by Gasteiger charge is 2.34. The van der Waals surface area contributed by atoms with Gasteiger partial charge in [-0.2, -0.15) is 0 Å². The lowest BCUT2D eigenvalue weighted by atomic mass is 10.1. The third-order valence-electron chi connectivity index (χ3n) is 5.50. The van der Waals surface area contributed by atoms with E-state index in [1.165, 1.54) is 17.7 Å². The van der Waals surface area contributed by atoms with E-state index in [0.29, 0.717) is 19.5 Å². The predicted molar refractivity (Wildman–Crippen MR) is 111 cm³/mol. The molecule has 0 saturated carbocycles. The normalized spacial score (nSPS) is 16.7. The summed E-state index contributed by atoms with van der Waals surface area (Å²) < 4.78 is 15.5. The molecule has 0 aliphatic carbocycles. The zero-order chi connectivity index (χ0) is 19.8. The van der Waals surface area contributed by atoms with Crippen molar-refractivity contribution in [3.8, 4) is 0 Å². The summed E-state index contributed by atoms with van der Waals surface area (Å²) in [5.74, 6) is 0.651. The fourth-order valence-electron chi connectivity index (χ4n) is 4.09. The second-order valence-corrected chi connectivity index (χ2v) is 7.41. The van der Waals surface area contributed by atoms with Gasteiger partial charge in [0.1, 0.15) is 11.6 Å². The molecule has 0 spiro atoms. The average Bonchev–Trinajstić information content (AvgIpc) is 3.30. The van der Waals surface area contributed by atoms with Crippen LogP contribution in [0.5, 0.6) is 0 Å². The Morgan fingerprint density at radius 1 is 0.931 bits per heavy atom. The number of rotatable bonds is 4. The van der Waals surface area contributed by atoms with Crippen molar-refractivity contribution in [1.82, 2.24) is 9.55 Å². The van der Waals surface area contributed by atoms with Gasteiger partial charge in [0.2, 0.25) is 5.91 Å². The number of benzene rings is 3.